The Kier molecular flexibility index (Phi) is 8.58. The molecule has 1 atom stereocenters. The highest BCUT2D eigenvalue weighted by Crippen LogP contribution is 2.28. The van der Waals surface area contributed by atoms with Gasteiger partial charge >= 0.3 is 0 Å². The number of piperazine rings is 1. The predicted octanol–water partition coefficient (Wildman–Crippen LogP) is 5.68. The molecule has 2 saturated heterocycles. The molecule has 2 aliphatic heterocycles. The first kappa shape index (κ1) is 27.1. The molecule has 2 fully saturated rings. The maximum absolute atomic E-state index is 13.7. The molecule has 0 radical (unpaired) electrons. The van der Waals surface area contributed by atoms with E-state index in [2.05, 4.69) is 78.5 Å². The smallest absolute Gasteiger partial charge is 0.254 e. The van der Waals surface area contributed by atoms with E-state index in [1.165, 1.54) is 5.69 Å². The molecule has 0 spiro atoms. The van der Waals surface area contributed by atoms with Gasteiger partial charge in [-0.25, -0.2) is 0 Å². The number of piperidine rings is 1. The lowest BCUT2D eigenvalue weighted by Crippen LogP contribution is -2.53. The fourth-order valence-electron chi connectivity index (χ4n) is 5.60. The fraction of sp³-hybridized carbons (Fsp3) is 0.375. The summed E-state index contributed by atoms with van der Waals surface area (Å²) >= 11 is 0. The average Bonchev–Trinajstić information content (AvgIpc) is 2.93. The number of benzene rings is 2. The second-order valence-electron chi connectivity index (χ2n) is 10.4. The first-order valence-electron chi connectivity index (χ1n) is 13.5. The molecule has 2 aromatic carbocycles. The lowest BCUT2D eigenvalue weighted by atomic mass is 9.99. The van der Waals surface area contributed by atoms with Gasteiger partial charge in [0.05, 0.1) is 11.3 Å². The van der Waals surface area contributed by atoms with Crippen LogP contribution in [-0.2, 0) is 0 Å². The summed E-state index contributed by atoms with van der Waals surface area (Å²) in [5, 5.41) is 13.0. The summed E-state index contributed by atoms with van der Waals surface area (Å²) in [6.07, 6.45) is 5.44. The van der Waals surface area contributed by atoms with Crippen molar-refractivity contribution in [1.29, 1.82) is 5.26 Å². The molecular formula is C32H39N5O. The topological polar surface area (TPSA) is 62.6 Å². The molecule has 198 valence electrons. The van der Waals surface area contributed by atoms with E-state index in [1.807, 2.05) is 30.0 Å². The normalized spacial score (nSPS) is 18.6. The number of nitrogens with zero attached hydrogens (tertiary/aromatic N) is 4. The van der Waals surface area contributed by atoms with E-state index in [4.69, 9.17) is 0 Å². The van der Waals surface area contributed by atoms with Crippen LogP contribution in [0.5, 0.6) is 0 Å². The molecule has 0 aliphatic carbocycles. The van der Waals surface area contributed by atoms with Crippen molar-refractivity contribution in [3.8, 4) is 6.07 Å². The highest BCUT2D eigenvalue weighted by Gasteiger charge is 2.29. The van der Waals surface area contributed by atoms with Crippen LogP contribution in [0.2, 0.25) is 0 Å². The minimum atomic E-state index is 0.106. The number of anilines is 2. The Morgan fingerprint density at radius 1 is 1.05 bits per heavy atom. The first-order valence-corrected chi connectivity index (χ1v) is 13.5. The number of hydrogen-bond acceptors (Lipinski definition) is 5. The number of hydrogen-bond donors (Lipinski definition) is 1. The molecule has 0 aromatic heterocycles. The zero-order valence-electron chi connectivity index (χ0n) is 22.9. The maximum atomic E-state index is 13.7. The average molecular weight is 510 g/mol. The van der Waals surface area contributed by atoms with Crippen LogP contribution in [0.25, 0.3) is 0 Å². The van der Waals surface area contributed by atoms with Crippen LogP contribution in [0, 0.1) is 25.2 Å². The Labute approximate surface area is 227 Å². The molecule has 1 amide bonds. The van der Waals surface area contributed by atoms with Crippen LogP contribution >= 0.6 is 0 Å². The molecular weight excluding hydrogens is 470 g/mol. The van der Waals surface area contributed by atoms with Crippen LogP contribution in [0.3, 0.4) is 0 Å². The highest BCUT2D eigenvalue weighted by molar-refractivity contribution is 5.97. The number of nitrogens with one attached hydrogen (secondary N) is 1. The zero-order valence-corrected chi connectivity index (χ0v) is 22.9. The minimum Gasteiger partial charge on any atom is -0.382 e. The van der Waals surface area contributed by atoms with Gasteiger partial charge in [-0.3, -0.25) is 4.79 Å². The summed E-state index contributed by atoms with van der Waals surface area (Å²) in [4.78, 5) is 20.2. The monoisotopic (exact) mass is 509 g/mol. The third-order valence-corrected chi connectivity index (χ3v) is 7.72. The standard InChI is InChI=1S/C32H39N5O/c1-6-10-31(25(4)21-33)35-15-13-27(14-16-35)34-30-20-29(23(2)19-24(30)3)32(38)36-17-18-37(26(5)22-36)28-11-8-7-9-12-28/h6-12,19-20,26-27,34H,1,4,13-18,22H2,2-3,5H3/b31-10+. The molecule has 2 aromatic rings. The van der Waals surface area contributed by atoms with Gasteiger partial charge in [-0.2, -0.15) is 5.26 Å². The minimum absolute atomic E-state index is 0.106. The zero-order chi connectivity index (χ0) is 27.2. The number of nitriles is 1. The lowest BCUT2D eigenvalue weighted by molar-refractivity contribution is 0.0725. The van der Waals surface area contributed by atoms with Gasteiger partial charge in [0.1, 0.15) is 6.07 Å². The summed E-state index contributed by atoms with van der Waals surface area (Å²) in [5.41, 5.74) is 6.48. The number of allylic oxidation sites excluding steroid dienone is 3. The van der Waals surface area contributed by atoms with Gasteiger partial charge in [0.2, 0.25) is 0 Å². The van der Waals surface area contributed by atoms with Gasteiger partial charge in [-0.15, -0.1) is 0 Å². The molecule has 0 bridgehead atoms. The maximum Gasteiger partial charge on any atom is 0.254 e. The Morgan fingerprint density at radius 3 is 2.39 bits per heavy atom. The fourth-order valence-corrected chi connectivity index (χ4v) is 5.60. The summed E-state index contributed by atoms with van der Waals surface area (Å²) in [7, 11) is 0. The van der Waals surface area contributed by atoms with Gasteiger partial charge in [-0.1, -0.05) is 43.5 Å². The molecule has 0 saturated carbocycles. The van der Waals surface area contributed by atoms with Crippen molar-refractivity contribution in [2.45, 2.75) is 45.7 Å². The molecule has 2 heterocycles. The molecule has 6 nitrogen and oxygen atoms in total. The SMILES string of the molecule is C=C/C=C(\C(=C)C#N)N1CCC(Nc2cc(C(=O)N3CCN(c4ccccc4)C(C)C3)c(C)cc2C)CC1. The van der Waals surface area contributed by atoms with Crippen LogP contribution in [-0.4, -0.2) is 60.5 Å². The second-order valence-corrected chi connectivity index (χ2v) is 10.4. The molecule has 1 unspecified atom stereocenters. The van der Waals surface area contributed by atoms with E-state index in [0.29, 0.717) is 24.7 Å². The van der Waals surface area contributed by atoms with Crippen molar-refractivity contribution in [1.82, 2.24) is 9.80 Å². The van der Waals surface area contributed by atoms with Crippen molar-refractivity contribution in [2.75, 3.05) is 42.9 Å². The van der Waals surface area contributed by atoms with E-state index in [1.54, 1.807) is 6.08 Å². The van der Waals surface area contributed by atoms with E-state index in [-0.39, 0.29) is 11.9 Å². The van der Waals surface area contributed by atoms with Crippen molar-refractivity contribution in [2.24, 2.45) is 0 Å². The summed E-state index contributed by atoms with van der Waals surface area (Å²) in [5.74, 6) is 0.106. The lowest BCUT2D eigenvalue weighted by Gasteiger charge is -2.41. The van der Waals surface area contributed by atoms with Crippen LogP contribution < -0.4 is 10.2 Å². The predicted molar refractivity (Wildman–Crippen MR) is 156 cm³/mol. The van der Waals surface area contributed by atoms with Crippen LogP contribution in [0.4, 0.5) is 11.4 Å². The second kappa shape index (κ2) is 12.0. The van der Waals surface area contributed by atoms with E-state index in [0.717, 1.165) is 60.6 Å². The Hall–Kier alpha value is -3.98. The van der Waals surface area contributed by atoms with Gasteiger partial charge < -0.3 is 20.0 Å². The number of carbonyl (C=O) groups is 1. The van der Waals surface area contributed by atoms with Gasteiger partial charge in [0.25, 0.3) is 5.91 Å². The van der Waals surface area contributed by atoms with Crippen LogP contribution in [0.15, 0.2) is 79.0 Å². The van der Waals surface area contributed by atoms with Crippen molar-refractivity contribution in [3.63, 3.8) is 0 Å². The number of likely N-dealkylation sites (tertiary alicyclic amines) is 1. The van der Waals surface area contributed by atoms with Gasteiger partial charge in [0, 0.05) is 61.7 Å². The Bertz CT molecular complexity index is 1250. The third-order valence-electron chi connectivity index (χ3n) is 7.72. The third kappa shape index (κ3) is 5.94. The van der Waals surface area contributed by atoms with Crippen LogP contribution in [0.1, 0.15) is 41.3 Å². The molecule has 2 aliphatic rings. The summed E-state index contributed by atoms with van der Waals surface area (Å²) in [6.45, 7) is 17.9. The van der Waals surface area contributed by atoms with Gasteiger partial charge in [-0.05, 0) is 69.0 Å². The molecule has 38 heavy (non-hydrogen) atoms. The number of aryl methyl sites for hydroxylation is 2. The van der Waals surface area contributed by atoms with E-state index < -0.39 is 0 Å². The molecule has 1 N–H and O–H groups in total. The highest BCUT2D eigenvalue weighted by atomic mass is 16.2. The number of para-hydroxylation sites is 1. The van der Waals surface area contributed by atoms with E-state index >= 15 is 0 Å². The largest absolute Gasteiger partial charge is 0.382 e. The quantitative estimate of drug-likeness (QED) is 0.384. The van der Waals surface area contributed by atoms with Crippen molar-refractivity contribution >= 4 is 17.3 Å². The summed E-state index contributed by atoms with van der Waals surface area (Å²) in [6, 6.07) is 17.3. The first-order chi connectivity index (χ1) is 18.3. The van der Waals surface area contributed by atoms with Crippen molar-refractivity contribution in [3.05, 3.63) is 95.7 Å². The van der Waals surface area contributed by atoms with Gasteiger partial charge in [0.15, 0.2) is 0 Å². The number of carbonyl (C=O) groups excluding carboxylic acids is 1. The van der Waals surface area contributed by atoms with Crippen molar-refractivity contribution < 1.29 is 4.79 Å². The molecule has 4 rings (SSSR count). The summed E-state index contributed by atoms with van der Waals surface area (Å²) < 4.78 is 0. The molecule has 6 heteroatoms. The van der Waals surface area contributed by atoms with E-state index in [9.17, 15) is 10.1 Å². The Morgan fingerprint density at radius 2 is 1.76 bits per heavy atom. The number of rotatable bonds is 7. The number of amides is 1. The Balaban J connectivity index is 1.42.